The number of alkyl halides is 3. The quantitative estimate of drug-likeness (QED) is 0.794. The highest BCUT2D eigenvalue weighted by atomic mass is 19.4. The number of aromatic nitrogens is 2. The zero-order valence-corrected chi connectivity index (χ0v) is 8.24. The van der Waals surface area contributed by atoms with Gasteiger partial charge in [-0.3, -0.25) is 9.48 Å². The molecule has 1 unspecified atom stereocenters. The van der Waals surface area contributed by atoms with Gasteiger partial charge < -0.3 is 11.5 Å². The fourth-order valence-electron chi connectivity index (χ4n) is 1.24. The normalized spacial score (nSPS) is 13.8. The van der Waals surface area contributed by atoms with Crippen molar-refractivity contribution in [3.63, 3.8) is 0 Å². The highest BCUT2D eigenvalue weighted by Gasteiger charge is 2.41. The molecule has 1 amide bonds. The van der Waals surface area contributed by atoms with E-state index in [4.69, 9.17) is 11.5 Å². The number of amides is 1. The Labute approximate surface area is 89.2 Å². The van der Waals surface area contributed by atoms with Crippen LogP contribution in [0.2, 0.25) is 0 Å². The van der Waals surface area contributed by atoms with Gasteiger partial charge in [0, 0.05) is 6.20 Å². The van der Waals surface area contributed by atoms with E-state index in [0.29, 0.717) is 4.68 Å². The Morgan fingerprint density at radius 3 is 2.56 bits per heavy atom. The topological polar surface area (TPSA) is 86.9 Å². The van der Waals surface area contributed by atoms with Gasteiger partial charge in [-0.05, 0) is 13.0 Å². The Hall–Kier alpha value is -1.57. The number of rotatable bonds is 4. The molecular formula is C8H11F3N4O. The zero-order chi connectivity index (χ0) is 12.3. The third-order valence-electron chi connectivity index (χ3n) is 2.02. The Morgan fingerprint density at radius 2 is 2.19 bits per heavy atom. The minimum atomic E-state index is -4.46. The summed E-state index contributed by atoms with van der Waals surface area (Å²) in [4.78, 5) is 10.7. The highest BCUT2D eigenvalue weighted by Crippen LogP contribution is 2.32. The van der Waals surface area contributed by atoms with Crippen molar-refractivity contribution in [1.29, 1.82) is 0 Å². The van der Waals surface area contributed by atoms with Crippen molar-refractivity contribution >= 4 is 5.91 Å². The Kier molecular flexibility index (Phi) is 3.53. The van der Waals surface area contributed by atoms with Gasteiger partial charge >= 0.3 is 6.18 Å². The van der Waals surface area contributed by atoms with Gasteiger partial charge in [-0.1, -0.05) is 0 Å². The number of halogens is 3. The van der Waals surface area contributed by atoms with E-state index in [2.05, 4.69) is 5.10 Å². The second kappa shape index (κ2) is 4.52. The second-order valence-electron chi connectivity index (χ2n) is 3.21. The molecule has 1 rings (SSSR count). The van der Waals surface area contributed by atoms with Gasteiger partial charge in [0.05, 0.1) is 11.8 Å². The summed E-state index contributed by atoms with van der Waals surface area (Å²) in [6.07, 6.45) is -2.79. The average molecular weight is 236 g/mol. The van der Waals surface area contributed by atoms with Gasteiger partial charge in [0.1, 0.15) is 6.04 Å². The predicted molar refractivity (Wildman–Crippen MR) is 49.5 cm³/mol. The molecule has 1 aromatic heterocycles. The molecule has 0 bridgehead atoms. The monoisotopic (exact) mass is 236 g/mol. The van der Waals surface area contributed by atoms with Crippen molar-refractivity contribution in [2.45, 2.75) is 18.6 Å². The summed E-state index contributed by atoms with van der Waals surface area (Å²) in [6, 6.07) is -1.83. The first-order valence-corrected chi connectivity index (χ1v) is 4.47. The largest absolute Gasteiger partial charge is 0.410 e. The lowest BCUT2D eigenvalue weighted by Gasteiger charge is -2.19. The van der Waals surface area contributed by atoms with E-state index in [-0.39, 0.29) is 18.5 Å². The van der Waals surface area contributed by atoms with Crippen LogP contribution in [0.4, 0.5) is 13.2 Å². The molecule has 16 heavy (non-hydrogen) atoms. The fraction of sp³-hybridized carbons (Fsp3) is 0.500. The molecule has 1 heterocycles. The summed E-state index contributed by atoms with van der Waals surface area (Å²) in [7, 11) is 0. The van der Waals surface area contributed by atoms with Gasteiger partial charge in [-0.2, -0.15) is 18.3 Å². The van der Waals surface area contributed by atoms with Crippen molar-refractivity contribution in [3.05, 3.63) is 18.0 Å². The maximum Gasteiger partial charge on any atom is 0.410 e. The second-order valence-corrected chi connectivity index (χ2v) is 3.21. The van der Waals surface area contributed by atoms with Crippen molar-refractivity contribution in [1.82, 2.24) is 9.78 Å². The van der Waals surface area contributed by atoms with Crippen LogP contribution < -0.4 is 11.5 Å². The minimum absolute atomic E-state index is 0.0636. The third-order valence-corrected chi connectivity index (χ3v) is 2.02. The van der Waals surface area contributed by atoms with E-state index in [1.54, 1.807) is 0 Å². The SMILES string of the molecule is NCCC(n1cc(C(N)=O)cn1)C(F)(F)F. The van der Waals surface area contributed by atoms with Gasteiger partial charge in [0.25, 0.3) is 5.91 Å². The number of hydrogen-bond donors (Lipinski definition) is 2. The number of primary amides is 1. The maximum atomic E-state index is 12.6. The van der Waals surface area contributed by atoms with E-state index in [1.165, 1.54) is 0 Å². The van der Waals surface area contributed by atoms with Crippen molar-refractivity contribution in [3.8, 4) is 0 Å². The molecule has 1 atom stereocenters. The zero-order valence-electron chi connectivity index (χ0n) is 8.24. The molecule has 0 aliphatic rings. The van der Waals surface area contributed by atoms with Gasteiger partial charge in [0.15, 0.2) is 0 Å². The van der Waals surface area contributed by atoms with Crippen LogP contribution in [0.25, 0.3) is 0 Å². The molecule has 0 saturated carbocycles. The molecule has 0 aliphatic carbocycles. The van der Waals surface area contributed by atoms with E-state index in [0.717, 1.165) is 12.4 Å². The molecule has 0 spiro atoms. The summed E-state index contributed by atoms with van der Waals surface area (Å²) in [5.41, 5.74) is 9.95. The average Bonchev–Trinajstić information content (AvgIpc) is 2.60. The summed E-state index contributed by atoms with van der Waals surface area (Å²) in [5, 5.41) is 3.46. The molecule has 90 valence electrons. The van der Waals surface area contributed by atoms with Crippen molar-refractivity contribution in [2.75, 3.05) is 6.54 Å². The molecule has 0 radical (unpaired) electrons. The van der Waals surface area contributed by atoms with E-state index < -0.39 is 18.1 Å². The number of carbonyl (C=O) groups is 1. The van der Waals surface area contributed by atoms with Gasteiger partial charge in [0.2, 0.25) is 0 Å². The summed E-state index contributed by atoms with van der Waals surface area (Å²) < 4.78 is 38.4. The lowest BCUT2D eigenvalue weighted by atomic mass is 10.2. The summed E-state index contributed by atoms with van der Waals surface area (Å²) >= 11 is 0. The molecular weight excluding hydrogens is 225 g/mol. The van der Waals surface area contributed by atoms with Crippen LogP contribution in [0.3, 0.4) is 0 Å². The molecule has 1 aromatic rings. The van der Waals surface area contributed by atoms with Crippen LogP contribution in [-0.4, -0.2) is 28.4 Å². The highest BCUT2D eigenvalue weighted by molar-refractivity contribution is 5.92. The molecule has 8 heteroatoms. The minimum Gasteiger partial charge on any atom is -0.366 e. The number of carbonyl (C=O) groups excluding carboxylic acids is 1. The van der Waals surface area contributed by atoms with Crippen LogP contribution in [-0.2, 0) is 0 Å². The Balaban J connectivity index is 2.97. The number of nitrogens with zero attached hydrogens (tertiary/aromatic N) is 2. The van der Waals surface area contributed by atoms with Gasteiger partial charge in [-0.25, -0.2) is 0 Å². The fourth-order valence-corrected chi connectivity index (χ4v) is 1.24. The van der Waals surface area contributed by atoms with Crippen LogP contribution in [0, 0.1) is 0 Å². The predicted octanol–water partition coefficient (Wildman–Crippen LogP) is 0.434. The number of hydrogen-bond acceptors (Lipinski definition) is 3. The van der Waals surface area contributed by atoms with E-state index in [1.807, 2.05) is 0 Å². The number of nitrogens with two attached hydrogens (primary N) is 2. The summed E-state index contributed by atoms with van der Waals surface area (Å²) in [5.74, 6) is -0.820. The van der Waals surface area contributed by atoms with E-state index >= 15 is 0 Å². The standard InChI is InChI=1S/C8H11F3N4O/c9-8(10,11)6(1-2-12)15-4-5(3-14-15)7(13)16/h3-4,6H,1-2,12H2,(H2,13,16). The Morgan fingerprint density at radius 1 is 1.56 bits per heavy atom. The van der Waals surface area contributed by atoms with Crippen molar-refractivity contribution < 1.29 is 18.0 Å². The molecule has 4 N–H and O–H groups in total. The van der Waals surface area contributed by atoms with E-state index in [9.17, 15) is 18.0 Å². The first-order valence-electron chi connectivity index (χ1n) is 4.47. The smallest absolute Gasteiger partial charge is 0.366 e. The van der Waals surface area contributed by atoms with Crippen LogP contribution in [0.5, 0.6) is 0 Å². The van der Waals surface area contributed by atoms with Crippen LogP contribution in [0.1, 0.15) is 22.8 Å². The summed E-state index contributed by atoms with van der Waals surface area (Å²) in [6.45, 7) is -0.129. The molecule has 0 aromatic carbocycles. The first-order chi connectivity index (χ1) is 7.36. The van der Waals surface area contributed by atoms with Crippen LogP contribution >= 0.6 is 0 Å². The maximum absolute atomic E-state index is 12.6. The molecule has 5 nitrogen and oxygen atoms in total. The lowest BCUT2D eigenvalue weighted by molar-refractivity contribution is -0.171. The van der Waals surface area contributed by atoms with Crippen molar-refractivity contribution in [2.24, 2.45) is 11.5 Å². The molecule has 0 saturated heterocycles. The van der Waals surface area contributed by atoms with Gasteiger partial charge in [-0.15, -0.1) is 0 Å². The first kappa shape index (κ1) is 12.5. The molecule has 0 aliphatic heterocycles. The van der Waals surface area contributed by atoms with Crippen LogP contribution in [0.15, 0.2) is 12.4 Å². The Bertz CT molecular complexity index is 374. The lowest BCUT2D eigenvalue weighted by Crippen LogP contribution is -2.29. The molecule has 0 fully saturated rings. The third kappa shape index (κ3) is 2.72.